The summed E-state index contributed by atoms with van der Waals surface area (Å²) in [5.41, 5.74) is -7.77. The Kier molecular flexibility index (Phi) is 8.09. The molecule has 16 heteroatoms. The number of amides is 1. The van der Waals surface area contributed by atoms with Crippen LogP contribution in [0.25, 0.3) is 0 Å². The van der Waals surface area contributed by atoms with Crippen LogP contribution >= 0.6 is 0 Å². The molecule has 0 radical (unpaired) electrons. The first-order valence-corrected chi connectivity index (χ1v) is 12.1. The van der Waals surface area contributed by atoms with E-state index in [1.54, 1.807) is 13.8 Å². The van der Waals surface area contributed by atoms with Gasteiger partial charge in [-0.15, -0.1) is 0 Å². The Balaban J connectivity index is 1.86. The second-order valence-electron chi connectivity index (χ2n) is 8.85. The molecule has 1 aromatic rings. The molecule has 8 nitrogen and oxygen atoms in total. The standard InChI is InChI=1S/C26H20F8N6O2/c1-5-39-9-7-37(3)25(39)23(41)35-21-17(31)13(27)11(14(28)18(21)32)12-15(29)19(33)22(20(34)16(12)30)36-24(42)26-38(4)8-10-40(26)6-2/h7-10H,5-6H2,1-4H3/p+1/b12-11?,25-23+,35-21?,36-22?. The topological polar surface area (TPSA) is 77.3 Å². The van der Waals surface area contributed by atoms with Gasteiger partial charge in [-0.25, -0.2) is 49.2 Å². The second-order valence-corrected chi connectivity index (χ2v) is 8.85. The molecular weight excluding hydrogens is 580 g/mol. The molecule has 0 saturated heterocycles. The van der Waals surface area contributed by atoms with Gasteiger partial charge in [0.2, 0.25) is 0 Å². The van der Waals surface area contributed by atoms with E-state index in [1.165, 1.54) is 57.8 Å². The number of halogens is 8. The molecule has 0 spiro atoms. The zero-order valence-corrected chi connectivity index (χ0v) is 22.3. The van der Waals surface area contributed by atoms with Crippen LogP contribution in [0.5, 0.6) is 0 Å². The number of aliphatic imine (C=N–C) groups is 2. The molecule has 42 heavy (non-hydrogen) atoms. The van der Waals surface area contributed by atoms with Gasteiger partial charge in [0, 0.05) is 26.0 Å². The van der Waals surface area contributed by atoms with Gasteiger partial charge >= 0.3 is 11.7 Å². The predicted molar refractivity (Wildman–Crippen MR) is 133 cm³/mol. The third-order valence-corrected chi connectivity index (χ3v) is 6.39. The molecule has 0 aromatic carbocycles. The Labute approximate surface area is 232 Å². The molecule has 0 fully saturated rings. The Bertz CT molecular complexity index is 1630. The van der Waals surface area contributed by atoms with Crippen LogP contribution < -0.4 is 4.57 Å². The molecule has 1 N–H and O–H groups in total. The van der Waals surface area contributed by atoms with E-state index in [-0.39, 0.29) is 24.7 Å². The van der Waals surface area contributed by atoms with Gasteiger partial charge in [0.15, 0.2) is 52.4 Å². The Morgan fingerprint density at radius 3 is 1.71 bits per heavy atom. The van der Waals surface area contributed by atoms with Crippen molar-refractivity contribution < 1.29 is 49.6 Å². The van der Waals surface area contributed by atoms with E-state index in [2.05, 4.69) is 9.98 Å². The van der Waals surface area contributed by atoms with E-state index >= 15 is 17.6 Å². The van der Waals surface area contributed by atoms with Crippen LogP contribution in [-0.2, 0) is 13.6 Å². The number of hydrogen-bond donors (Lipinski definition) is 1. The minimum atomic E-state index is -2.49. The van der Waals surface area contributed by atoms with Crippen LogP contribution in [0.3, 0.4) is 0 Å². The molecule has 2 aliphatic carbocycles. The molecule has 0 bridgehead atoms. The number of aryl methyl sites for hydroxylation is 2. The molecule has 0 atom stereocenters. The first kappa shape index (κ1) is 30.2. The first-order chi connectivity index (χ1) is 19.8. The van der Waals surface area contributed by atoms with Crippen molar-refractivity contribution in [1.82, 2.24) is 14.4 Å². The lowest BCUT2D eigenvalue weighted by Crippen LogP contribution is -2.35. The summed E-state index contributed by atoms with van der Waals surface area (Å²) in [6, 6.07) is 0. The fourth-order valence-electron chi connectivity index (χ4n) is 4.30. The number of aliphatic hydroxyl groups is 1. The van der Waals surface area contributed by atoms with Crippen LogP contribution in [0.2, 0.25) is 0 Å². The van der Waals surface area contributed by atoms with Gasteiger partial charge in [-0.3, -0.25) is 4.79 Å². The SMILES string of the molecule is CCN1C=CN(C)/C1=C(\O)N=C1C(F)=C(F)C(=C2C(F)=C(F)C(=NC(=O)c3n(CC)cc[n+]3C)C(F)=C2F)C(F)=C1F. The maximum Gasteiger partial charge on any atom is 0.360 e. The smallest absolute Gasteiger partial charge is 0.360 e. The number of imidazole rings is 1. The summed E-state index contributed by atoms with van der Waals surface area (Å²) < 4.78 is 122. The number of rotatable bonds is 4. The third kappa shape index (κ3) is 4.75. The number of allylic oxidation sites excluding steroid dienone is 10. The molecule has 3 aliphatic rings. The van der Waals surface area contributed by atoms with Crippen molar-refractivity contribution in [3.05, 3.63) is 100 Å². The van der Waals surface area contributed by atoms with E-state index < -0.39 is 81.0 Å². The second kappa shape index (κ2) is 11.3. The molecule has 1 aliphatic heterocycles. The lowest BCUT2D eigenvalue weighted by molar-refractivity contribution is -0.672. The van der Waals surface area contributed by atoms with Gasteiger partial charge in [0.25, 0.3) is 5.88 Å². The zero-order chi connectivity index (χ0) is 31.2. The van der Waals surface area contributed by atoms with Crippen LogP contribution in [0, 0.1) is 0 Å². The summed E-state index contributed by atoms with van der Waals surface area (Å²) in [5, 5.41) is 10.3. The largest absolute Gasteiger partial charge is 0.491 e. The van der Waals surface area contributed by atoms with E-state index in [9.17, 15) is 27.5 Å². The highest BCUT2D eigenvalue weighted by Gasteiger charge is 2.42. The molecule has 4 rings (SSSR count). The van der Waals surface area contributed by atoms with Gasteiger partial charge < -0.3 is 14.9 Å². The molecular formula is C26H21F8N6O2+. The number of nitrogens with zero attached hydrogens (tertiary/aromatic N) is 6. The van der Waals surface area contributed by atoms with Crippen molar-refractivity contribution in [1.29, 1.82) is 0 Å². The summed E-state index contributed by atoms with van der Waals surface area (Å²) in [5.74, 6) is -22.1. The highest BCUT2D eigenvalue weighted by atomic mass is 19.2. The third-order valence-electron chi connectivity index (χ3n) is 6.39. The average Bonchev–Trinajstić information content (AvgIpc) is 3.54. The number of hydrogen-bond acceptors (Lipinski definition) is 5. The fraction of sp³-hybridized carbons (Fsp3) is 0.231. The quantitative estimate of drug-likeness (QED) is 0.273. The first-order valence-electron chi connectivity index (χ1n) is 12.1. The highest BCUT2D eigenvalue weighted by Crippen LogP contribution is 2.46. The zero-order valence-electron chi connectivity index (χ0n) is 22.3. The molecule has 222 valence electrons. The summed E-state index contributed by atoms with van der Waals surface area (Å²) in [6.45, 7) is 3.72. The summed E-state index contributed by atoms with van der Waals surface area (Å²) in [6.07, 6.45) is 5.70. The number of aromatic nitrogens is 2. The molecule has 2 heterocycles. The monoisotopic (exact) mass is 601 g/mol. The van der Waals surface area contributed by atoms with E-state index in [4.69, 9.17) is 0 Å². The van der Waals surface area contributed by atoms with Crippen molar-refractivity contribution in [2.75, 3.05) is 13.6 Å². The van der Waals surface area contributed by atoms with Crippen molar-refractivity contribution in [3.63, 3.8) is 0 Å². The maximum absolute atomic E-state index is 15.0. The molecule has 0 saturated carbocycles. The van der Waals surface area contributed by atoms with Crippen LogP contribution in [0.4, 0.5) is 35.1 Å². The summed E-state index contributed by atoms with van der Waals surface area (Å²) >= 11 is 0. The normalized spacial score (nSPS) is 19.3. The highest BCUT2D eigenvalue weighted by molar-refractivity contribution is 6.18. The van der Waals surface area contributed by atoms with E-state index in [1.807, 2.05) is 0 Å². The lowest BCUT2D eigenvalue weighted by atomic mass is 9.93. The Morgan fingerprint density at radius 2 is 1.26 bits per heavy atom. The minimum absolute atomic E-state index is 0.129. The lowest BCUT2D eigenvalue weighted by Gasteiger charge is -2.21. The van der Waals surface area contributed by atoms with Crippen molar-refractivity contribution in [3.8, 4) is 0 Å². The average molecular weight is 601 g/mol. The Hall–Kier alpha value is -4.76. The molecule has 1 aromatic heterocycles. The molecule has 1 amide bonds. The van der Waals surface area contributed by atoms with E-state index in [0.29, 0.717) is 0 Å². The number of carbonyl (C=O) groups excluding carboxylic acids is 1. The molecule has 0 unspecified atom stereocenters. The number of carbonyl (C=O) groups is 1. The van der Waals surface area contributed by atoms with Crippen LogP contribution in [0.15, 0.2) is 104 Å². The van der Waals surface area contributed by atoms with Crippen molar-refractivity contribution in [2.45, 2.75) is 20.4 Å². The van der Waals surface area contributed by atoms with E-state index in [0.717, 1.165) is 0 Å². The van der Waals surface area contributed by atoms with Gasteiger partial charge in [-0.1, -0.05) is 0 Å². The summed E-state index contributed by atoms with van der Waals surface area (Å²) in [4.78, 5) is 21.5. The van der Waals surface area contributed by atoms with Gasteiger partial charge in [-0.2, -0.15) is 4.99 Å². The van der Waals surface area contributed by atoms with Gasteiger partial charge in [0.1, 0.15) is 23.8 Å². The predicted octanol–water partition coefficient (Wildman–Crippen LogP) is 5.70. The van der Waals surface area contributed by atoms with Crippen LogP contribution in [0.1, 0.15) is 24.5 Å². The van der Waals surface area contributed by atoms with Crippen molar-refractivity contribution >= 4 is 17.3 Å². The van der Waals surface area contributed by atoms with Crippen molar-refractivity contribution in [2.24, 2.45) is 17.0 Å². The number of aliphatic hydroxyl groups excluding tert-OH is 1. The van der Waals surface area contributed by atoms with Crippen LogP contribution in [-0.4, -0.2) is 50.4 Å². The van der Waals surface area contributed by atoms with Gasteiger partial charge in [0.05, 0.1) is 24.7 Å². The summed E-state index contributed by atoms with van der Waals surface area (Å²) in [7, 11) is 2.80. The maximum atomic E-state index is 15.0. The Morgan fingerprint density at radius 1 is 0.786 bits per heavy atom. The minimum Gasteiger partial charge on any atom is -0.491 e. The van der Waals surface area contributed by atoms with Gasteiger partial charge in [-0.05, 0) is 13.8 Å². The fourth-order valence-corrected chi connectivity index (χ4v) is 4.30.